The topological polar surface area (TPSA) is 83.5 Å². The predicted octanol–water partition coefficient (Wildman–Crippen LogP) is 1.79. The number of hydrogen-bond acceptors (Lipinski definition) is 4. The molecule has 0 saturated carbocycles. The van der Waals surface area contributed by atoms with Crippen LogP contribution in [0.3, 0.4) is 0 Å². The second-order valence-corrected chi connectivity index (χ2v) is 7.32. The van der Waals surface area contributed by atoms with Crippen LogP contribution in [0.2, 0.25) is 0 Å². The zero-order valence-corrected chi connectivity index (χ0v) is 13.3. The Bertz CT molecular complexity index is 564. The molecule has 1 aromatic carbocycles. The maximum absolute atomic E-state index is 12.2. The van der Waals surface area contributed by atoms with Crippen molar-refractivity contribution in [1.29, 1.82) is 0 Å². The van der Waals surface area contributed by atoms with Crippen LogP contribution in [0.5, 0.6) is 0 Å². The fourth-order valence-corrected chi connectivity index (χ4v) is 3.69. The van der Waals surface area contributed by atoms with Gasteiger partial charge in [-0.3, -0.25) is 4.79 Å². The first kappa shape index (κ1) is 17.0. The van der Waals surface area contributed by atoms with Gasteiger partial charge in [-0.1, -0.05) is 6.07 Å². The Morgan fingerprint density at radius 3 is 2.30 bits per heavy atom. The summed E-state index contributed by atoms with van der Waals surface area (Å²) in [6, 6.07) is 3.82. The highest BCUT2D eigenvalue weighted by molar-refractivity contribution is 7.98. The van der Waals surface area contributed by atoms with E-state index in [1.807, 2.05) is 12.3 Å². The van der Waals surface area contributed by atoms with Crippen molar-refractivity contribution < 1.29 is 18.3 Å². The van der Waals surface area contributed by atoms with Crippen LogP contribution in [0.25, 0.3) is 0 Å². The van der Waals surface area contributed by atoms with E-state index in [1.165, 1.54) is 23.9 Å². The third-order valence-electron chi connectivity index (χ3n) is 2.71. The smallest absolute Gasteiger partial charge is 0.321 e. The highest BCUT2D eigenvalue weighted by atomic mass is 32.2. The number of carboxylic acid groups (broad SMARTS) is 1. The van der Waals surface area contributed by atoms with E-state index in [0.717, 1.165) is 11.1 Å². The molecule has 0 aliphatic carbocycles. The molecule has 0 spiro atoms. The lowest BCUT2D eigenvalue weighted by molar-refractivity contribution is -0.139. The number of thioether (sulfide) groups is 1. The number of carboxylic acids is 1. The van der Waals surface area contributed by atoms with Gasteiger partial charge in [0.1, 0.15) is 6.04 Å². The van der Waals surface area contributed by atoms with Crippen LogP contribution in [0, 0.1) is 13.8 Å². The number of benzene rings is 1. The molecule has 0 heterocycles. The van der Waals surface area contributed by atoms with Crippen molar-refractivity contribution >= 4 is 27.8 Å². The van der Waals surface area contributed by atoms with Crippen molar-refractivity contribution in [2.45, 2.75) is 31.2 Å². The van der Waals surface area contributed by atoms with E-state index in [-0.39, 0.29) is 11.3 Å². The van der Waals surface area contributed by atoms with Gasteiger partial charge in [-0.15, -0.1) is 0 Å². The number of sulfonamides is 1. The van der Waals surface area contributed by atoms with Gasteiger partial charge >= 0.3 is 5.97 Å². The highest BCUT2D eigenvalue weighted by Crippen LogP contribution is 2.15. The minimum absolute atomic E-state index is 0.102. The Labute approximate surface area is 123 Å². The molecule has 0 aliphatic heterocycles. The molecule has 0 saturated heterocycles. The minimum Gasteiger partial charge on any atom is -0.480 e. The van der Waals surface area contributed by atoms with Gasteiger partial charge in [0.05, 0.1) is 4.90 Å². The van der Waals surface area contributed by atoms with E-state index in [0.29, 0.717) is 5.75 Å². The van der Waals surface area contributed by atoms with Crippen molar-refractivity contribution in [3.8, 4) is 0 Å². The Hall–Kier alpha value is -1.05. The number of rotatable bonds is 7. The number of nitrogens with one attached hydrogen (secondary N) is 1. The molecule has 0 radical (unpaired) electrons. The maximum atomic E-state index is 12.2. The molecular weight excluding hydrogens is 298 g/mol. The van der Waals surface area contributed by atoms with E-state index in [2.05, 4.69) is 4.72 Å². The Kier molecular flexibility index (Phi) is 6.04. The molecule has 7 heteroatoms. The molecule has 2 N–H and O–H groups in total. The maximum Gasteiger partial charge on any atom is 0.321 e. The average molecular weight is 317 g/mol. The number of carbonyl (C=O) groups is 1. The van der Waals surface area contributed by atoms with Crippen LogP contribution in [0.15, 0.2) is 23.1 Å². The average Bonchev–Trinajstić information content (AvgIpc) is 2.32. The second kappa shape index (κ2) is 7.10. The van der Waals surface area contributed by atoms with Crippen molar-refractivity contribution in [3.63, 3.8) is 0 Å². The molecule has 20 heavy (non-hydrogen) atoms. The van der Waals surface area contributed by atoms with E-state index < -0.39 is 22.0 Å². The molecule has 0 fully saturated rings. The first-order chi connectivity index (χ1) is 9.26. The molecule has 0 bridgehead atoms. The van der Waals surface area contributed by atoms with E-state index >= 15 is 0 Å². The fourth-order valence-electron chi connectivity index (χ4n) is 1.81. The third-order valence-corrected chi connectivity index (χ3v) is 4.81. The summed E-state index contributed by atoms with van der Waals surface area (Å²) in [5, 5.41) is 9.08. The van der Waals surface area contributed by atoms with Gasteiger partial charge in [-0.05, 0) is 55.5 Å². The van der Waals surface area contributed by atoms with Crippen molar-refractivity contribution in [2.75, 3.05) is 12.0 Å². The summed E-state index contributed by atoms with van der Waals surface area (Å²) >= 11 is 1.48. The van der Waals surface area contributed by atoms with Gasteiger partial charge in [0, 0.05) is 0 Å². The van der Waals surface area contributed by atoms with Crippen LogP contribution < -0.4 is 4.72 Å². The lowest BCUT2D eigenvalue weighted by Crippen LogP contribution is -2.41. The quantitative estimate of drug-likeness (QED) is 0.801. The molecule has 5 nitrogen and oxygen atoms in total. The Morgan fingerprint density at radius 2 is 1.85 bits per heavy atom. The summed E-state index contributed by atoms with van der Waals surface area (Å²) in [4.78, 5) is 11.2. The lowest BCUT2D eigenvalue weighted by Gasteiger charge is -2.15. The number of hydrogen-bond donors (Lipinski definition) is 2. The zero-order valence-electron chi connectivity index (χ0n) is 11.7. The van der Waals surface area contributed by atoms with Crippen LogP contribution in [0.4, 0.5) is 0 Å². The van der Waals surface area contributed by atoms with Crippen LogP contribution >= 0.6 is 11.8 Å². The second-order valence-electron chi connectivity index (χ2n) is 4.62. The summed E-state index contributed by atoms with van der Waals surface area (Å²) in [7, 11) is -3.82. The van der Waals surface area contributed by atoms with Crippen LogP contribution in [-0.4, -0.2) is 37.5 Å². The van der Waals surface area contributed by atoms with Gasteiger partial charge in [0.25, 0.3) is 0 Å². The van der Waals surface area contributed by atoms with Gasteiger partial charge in [0.2, 0.25) is 10.0 Å². The summed E-state index contributed by atoms with van der Waals surface area (Å²) in [6.07, 6.45) is 2.10. The standard InChI is InChI=1S/C13H19NO4S2/c1-9-6-10(2)8-11(7-9)20(17,18)14-12(13(15)16)4-5-19-3/h6-8,12,14H,4-5H2,1-3H3,(H,15,16). The molecule has 1 atom stereocenters. The monoisotopic (exact) mass is 317 g/mol. The molecule has 112 valence electrons. The molecule has 1 aromatic rings. The minimum atomic E-state index is -3.82. The molecule has 0 amide bonds. The summed E-state index contributed by atoms with van der Waals surface area (Å²) in [5.41, 5.74) is 1.64. The highest BCUT2D eigenvalue weighted by Gasteiger charge is 2.25. The first-order valence-corrected chi connectivity index (χ1v) is 8.96. The Balaban J connectivity index is 3.00. The normalized spacial score (nSPS) is 13.2. The Morgan fingerprint density at radius 1 is 1.30 bits per heavy atom. The van der Waals surface area contributed by atoms with E-state index in [9.17, 15) is 13.2 Å². The fraction of sp³-hybridized carbons (Fsp3) is 0.462. The van der Waals surface area contributed by atoms with E-state index in [1.54, 1.807) is 13.8 Å². The van der Waals surface area contributed by atoms with Gasteiger partial charge < -0.3 is 5.11 Å². The first-order valence-electron chi connectivity index (χ1n) is 6.08. The molecule has 1 unspecified atom stereocenters. The third kappa shape index (κ3) is 4.81. The van der Waals surface area contributed by atoms with Crippen molar-refractivity contribution in [1.82, 2.24) is 4.72 Å². The molecule has 0 aliphatic rings. The summed E-state index contributed by atoms with van der Waals surface area (Å²) in [6.45, 7) is 3.60. The summed E-state index contributed by atoms with van der Waals surface area (Å²) in [5.74, 6) is -0.584. The van der Waals surface area contributed by atoms with Crippen LogP contribution in [-0.2, 0) is 14.8 Å². The molecule has 1 rings (SSSR count). The molecule has 0 aromatic heterocycles. The van der Waals surface area contributed by atoms with Crippen molar-refractivity contribution in [3.05, 3.63) is 29.3 Å². The van der Waals surface area contributed by atoms with Gasteiger partial charge in [0.15, 0.2) is 0 Å². The zero-order chi connectivity index (χ0) is 15.3. The van der Waals surface area contributed by atoms with Gasteiger partial charge in [-0.25, -0.2) is 8.42 Å². The van der Waals surface area contributed by atoms with Crippen LogP contribution in [0.1, 0.15) is 17.5 Å². The SMILES string of the molecule is CSCCC(NS(=O)(=O)c1cc(C)cc(C)c1)C(=O)O. The van der Waals surface area contributed by atoms with E-state index in [4.69, 9.17) is 5.11 Å². The van der Waals surface area contributed by atoms with Crippen molar-refractivity contribution in [2.24, 2.45) is 0 Å². The number of aryl methyl sites for hydroxylation is 2. The lowest BCUT2D eigenvalue weighted by atomic mass is 10.2. The summed E-state index contributed by atoms with van der Waals surface area (Å²) < 4.78 is 26.7. The van der Waals surface area contributed by atoms with Gasteiger partial charge in [-0.2, -0.15) is 16.5 Å². The molecular formula is C13H19NO4S2. The largest absolute Gasteiger partial charge is 0.480 e. The number of aliphatic carboxylic acids is 1. The predicted molar refractivity (Wildman–Crippen MR) is 80.7 cm³/mol.